The summed E-state index contributed by atoms with van der Waals surface area (Å²) in [5.41, 5.74) is 2.44. The molecule has 0 saturated heterocycles. The van der Waals surface area contributed by atoms with Crippen LogP contribution in [-0.4, -0.2) is 25.8 Å². The molecule has 0 spiro atoms. The van der Waals surface area contributed by atoms with Crippen molar-refractivity contribution < 1.29 is 18.7 Å². The van der Waals surface area contributed by atoms with Crippen molar-refractivity contribution in [2.75, 3.05) is 10.6 Å². The van der Waals surface area contributed by atoms with Gasteiger partial charge in [0.15, 0.2) is 16.7 Å². The van der Waals surface area contributed by atoms with Crippen LogP contribution in [0.25, 0.3) is 21.5 Å². The molecule has 2 amide bonds. The molecule has 0 radical (unpaired) electrons. The zero-order valence-corrected chi connectivity index (χ0v) is 21.9. The van der Waals surface area contributed by atoms with Crippen LogP contribution in [-0.2, 0) is 7.05 Å². The van der Waals surface area contributed by atoms with Crippen molar-refractivity contribution in [1.82, 2.24) is 19.7 Å². The van der Waals surface area contributed by atoms with Crippen LogP contribution in [0.3, 0.4) is 0 Å². The number of thiazole rings is 1. The first-order valence-electron chi connectivity index (χ1n) is 12.1. The van der Waals surface area contributed by atoms with E-state index in [0.717, 1.165) is 21.5 Å². The number of carbonyl (C=O) groups is 1. The summed E-state index contributed by atoms with van der Waals surface area (Å²) in [5.74, 6) is 1.18. The summed E-state index contributed by atoms with van der Waals surface area (Å²) in [4.78, 5) is 21.3. The summed E-state index contributed by atoms with van der Waals surface area (Å²) in [7, 11) is 1.81. The van der Waals surface area contributed by atoms with Gasteiger partial charge < -0.3 is 14.8 Å². The van der Waals surface area contributed by atoms with Gasteiger partial charge in [0.25, 0.3) is 0 Å². The van der Waals surface area contributed by atoms with Crippen molar-refractivity contribution in [2.45, 2.75) is 0 Å². The molecule has 0 saturated carbocycles. The molecule has 0 fully saturated rings. The number of ether oxygens (including phenoxy) is 2. The molecule has 0 atom stereocenters. The van der Waals surface area contributed by atoms with Crippen molar-refractivity contribution in [1.29, 1.82) is 0 Å². The number of hydrogen-bond acceptors (Lipinski definition) is 7. The Morgan fingerprint density at radius 3 is 2.58 bits per heavy atom. The highest BCUT2D eigenvalue weighted by atomic mass is 32.1. The number of fused-ring (bicyclic) bond motifs is 1. The van der Waals surface area contributed by atoms with E-state index in [0.29, 0.717) is 22.3 Å². The number of pyridine rings is 1. The van der Waals surface area contributed by atoms with Crippen molar-refractivity contribution in [3.05, 3.63) is 103 Å². The first-order valence-corrected chi connectivity index (χ1v) is 12.9. The van der Waals surface area contributed by atoms with E-state index in [-0.39, 0.29) is 11.4 Å². The van der Waals surface area contributed by atoms with Crippen LogP contribution in [0.1, 0.15) is 0 Å². The molecule has 3 aromatic carbocycles. The molecule has 198 valence electrons. The van der Waals surface area contributed by atoms with Gasteiger partial charge in [-0.05, 0) is 42.5 Å². The summed E-state index contributed by atoms with van der Waals surface area (Å²) in [5, 5.41) is 9.85. The Morgan fingerprint density at radius 2 is 1.77 bits per heavy atom. The summed E-state index contributed by atoms with van der Waals surface area (Å²) in [6.45, 7) is 0. The van der Waals surface area contributed by atoms with Gasteiger partial charge in [0, 0.05) is 48.9 Å². The number of benzene rings is 3. The molecular weight excluding hydrogens is 531 g/mol. The average molecular weight is 553 g/mol. The van der Waals surface area contributed by atoms with Crippen LogP contribution >= 0.6 is 11.3 Å². The van der Waals surface area contributed by atoms with Crippen molar-refractivity contribution in [2.24, 2.45) is 7.05 Å². The number of urea groups is 1. The Morgan fingerprint density at radius 1 is 0.925 bits per heavy atom. The van der Waals surface area contributed by atoms with E-state index in [2.05, 4.69) is 25.7 Å². The van der Waals surface area contributed by atoms with E-state index in [1.165, 1.54) is 23.5 Å². The van der Waals surface area contributed by atoms with Gasteiger partial charge in [0.1, 0.15) is 17.2 Å². The van der Waals surface area contributed by atoms with Crippen LogP contribution in [0, 0.1) is 5.82 Å². The molecule has 3 heterocycles. The molecular formula is C29H21FN6O3S. The Balaban J connectivity index is 1.09. The first-order chi connectivity index (χ1) is 19.5. The smallest absolute Gasteiger partial charge is 0.325 e. The molecule has 40 heavy (non-hydrogen) atoms. The van der Waals surface area contributed by atoms with Gasteiger partial charge in [-0.15, -0.1) is 0 Å². The second-order valence-electron chi connectivity index (χ2n) is 8.67. The fourth-order valence-corrected chi connectivity index (χ4v) is 4.77. The fourth-order valence-electron chi connectivity index (χ4n) is 3.88. The monoisotopic (exact) mass is 552 g/mol. The average Bonchev–Trinajstić information content (AvgIpc) is 3.56. The number of rotatable bonds is 7. The lowest BCUT2D eigenvalue weighted by atomic mass is 10.2. The van der Waals surface area contributed by atoms with Gasteiger partial charge >= 0.3 is 6.03 Å². The SMILES string of the molecule is Cn1cc(-c2cc(Oc3ccc(NC(=O)Nc4nc5ccc(Oc6ccccc6)cc5s4)cc3F)ccn2)cn1. The molecule has 0 unspecified atom stereocenters. The minimum absolute atomic E-state index is 0.00833. The minimum atomic E-state index is -0.636. The zero-order valence-electron chi connectivity index (χ0n) is 21.0. The Kier molecular flexibility index (Phi) is 6.77. The Labute approximate surface area is 231 Å². The lowest BCUT2D eigenvalue weighted by Crippen LogP contribution is -2.19. The first kappa shape index (κ1) is 25.0. The van der Waals surface area contributed by atoms with Gasteiger partial charge in [0.05, 0.1) is 22.1 Å². The number of halogens is 1. The van der Waals surface area contributed by atoms with Crippen molar-refractivity contribution in [3.63, 3.8) is 0 Å². The van der Waals surface area contributed by atoms with E-state index < -0.39 is 11.8 Å². The second-order valence-corrected chi connectivity index (χ2v) is 9.70. The van der Waals surface area contributed by atoms with Gasteiger partial charge in [-0.25, -0.2) is 14.2 Å². The zero-order chi connectivity index (χ0) is 27.5. The number of nitrogens with one attached hydrogen (secondary N) is 2. The quantitative estimate of drug-likeness (QED) is 0.213. The van der Waals surface area contributed by atoms with E-state index in [1.54, 1.807) is 35.3 Å². The van der Waals surface area contributed by atoms with E-state index >= 15 is 0 Å². The number of carbonyl (C=O) groups excluding carboxylic acids is 1. The van der Waals surface area contributed by atoms with E-state index in [9.17, 15) is 9.18 Å². The topological polar surface area (TPSA) is 103 Å². The maximum Gasteiger partial charge on any atom is 0.325 e. The number of para-hydroxylation sites is 1. The molecule has 6 rings (SSSR count). The fraction of sp³-hybridized carbons (Fsp3) is 0.0345. The molecule has 0 aliphatic carbocycles. The van der Waals surface area contributed by atoms with Crippen LogP contribution in [0.5, 0.6) is 23.0 Å². The number of aryl methyl sites for hydroxylation is 1. The van der Waals surface area contributed by atoms with E-state index in [4.69, 9.17) is 9.47 Å². The maximum absolute atomic E-state index is 14.8. The highest BCUT2D eigenvalue weighted by molar-refractivity contribution is 7.22. The van der Waals surface area contributed by atoms with Gasteiger partial charge in [0.2, 0.25) is 0 Å². The van der Waals surface area contributed by atoms with Crippen LogP contribution < -0.4 is 20.1 Å². The van der Waals surface area contributed by atoms with Crippen molar-refractivity contribution >= 4 is 38.4 Å². The van der Waals surface area contributed by atoms with Crippen molar-refractivity contribution in [3.8, 4) is 34.3 Å². The maximum atomic E-state index is 14.8. The molecule has 3 aromatic heterocycles. The number of hydrogen-bond donors (Lipinski definition) is 2. The number of amides is 2. The number of anilines is 2. The lowest BCUT2D eigenvalue weighted by Gasteiger charge is -2.10. The summed E-state index contributed by atoms with van der Waals surface area (Å²) in [6, 6.07) is 21.9. The predicted molar refractivity (Wildman–Crippen MR) is 152 cm³/mol. The summed E-state index contributed by atoms with van der Waals surface area (Å²) in [6.07, 6.45) is 5.09. The summed E-state index contributed by atoms with van der Waals surface area (Å²) >= 11 is 1.30. The van der Waals surface area contributed by atoms with Crippen LogP contribution in [0.15, 0.2) is 97.5 Å². The Bertz CT molecular complexity index is 1820. The van der Waals surface area contributed by atoms with Crippen LogP contribution in [0.4, 0.5) is 20.0 Å². The molecule has 11 heteroatoms. The molecule has 0 aliphatic rings. The van der Waals surface area contributed by atoms with E-state index in [1.807, 2.05) is 61.8 Å². The van der Waals surface area contributed by atoms with Gasteiger partial charge in [-0.3, -0.25) is 15.0 Å². The highest BCUT2D eigenvalue weighted by Crippen LogP contribution is 2.32. The minimum Gasteiger partial charge on any atom is -0.457 e. The third kappa shape index (κ3) is 5.74. The lowest BCUT2D eigenvalue weighted by molar-refractivity contribution is 0.262. The molecule has 2 N–H and O–H groups in total. The Hall–Kier alpha value is -5.29. The number of aromatic nitrogens is 4. The predicted octanol–water partition coefficient (Wildman–Crippen LogP) is 7.46. The van der Waals surface area contributed by atoms with Gasteiger partial charge in [-0.2, -0.15) is 5.10 Å². The highest BCUT2D eigenvalue weighted by Gasteiger charge is 2.12. The molecule has 0 aliphatic heterocycles. The molecule has 0 bridgehead atoms. The number of nitrogens with zero attached hydrogens (tertiary/aromatic N) is 4. The third-order valence-corrected chi connectivity index (χ3v) is 6.64. The largest absolute Gasteiger partial charge is 0.457 e. The molecule has 6 aromatic rings. The normalized spacial score (nSPS) is 10.8. The van der Waals surface area contributed by atoms with Crippen LogP contribution in [0.2, 0.25) is 0 Å². The van der Waals surface area contributed by atoms with Gasteiger partial charge in [-0.1, -0.05) is 29.5 Å². The third-order valence-electron chi connectivity index (χ3n) is 5.71. The molecule has 9 nitrogen and oxygen atoms in total. The summed E-state index contributed by atoms with van der Waals surface area (Å²) < 4.78 is 28.9. The second kappa shape index (κ2) is 10.8. The standard InChI is InChI=1S/C29H21FN6O3S/c1-36-17-18(16-32-36)25-14-22(11-12-31-25)39-26-10-7-19(13-23(26)30)33-28(37)35-29-34-24-9-8-21(15-27(24)40-29)38-20-5-3-2-4-6-20/h2-17H,1H3,(H2,33,34,35,37).